The quantitative estimate of drug-likeness (QED) is 0.130. The number of hydrogen-bond donors (Lipinski definition) is 5. The van der Waals surface area contributed by atoms with Gasteiger partial charge in [0.05, 0.1) is 12.6 Å². The molecule has 0 bridgehead atoms. The fourth-order valence-corrected chi connectivity index (χ4v) is 4.50. The summed E-state index contributed by atoms with van der Waals surface area (Å²) in [4.78, 5) is 77.9. The number of ketones is 1. The lowest BCUT2D eigenvalue weighted by atomic mass is 9.85. The van der Waals surface area contributed by atoms with Gasteiger partial charge in [0.25, 0.3) is 5.91 Å². The van der Waals surface area contributed by atoms with Crippen LogP contribution < -0.4 is 26.6 Å². The van der Waals surface area contributed by atoms with Crippen molar-refractivity contribution >= 4 is 35.4 Å². The Morgan fingerprint density at radius 2 is 1.44 bits per heavy atom. The first kappa shape index (κ1) is 48.5. The van der Waals surface area contributed by atoms with Gasteiger partial charge in [-0.15, -0.1) is 6.58 Å². The molecule has 1 aliphatic heterocycles. The zero-order valence-corrected chi connectivity index (χ0v) is 31.9. The molecule has 0 saturated carbocycles. The molecule has 5 N–H and O–H groups in total. The molecule has 0 aromatic rings. The van der Waals surface area contributed by atoms with E-state index in [4.69, 9.17) is 0 Å². The largest absolute Gasteiger partial charge is 0.389 e. The fourth-order valence-electron chi connectivity index (χ4n) is 4.50. The van der Waals surface area contributed by atoms with Crippen molar-refractivity contribution < 1.29 is 41.9 Å². The van der Waals surface area contributed by atoms with Crippen LogP contribution in [-0.4, -0.2) is 90.3 Å². The predicted molar refractivity (Wildman–Crippen MR) is 189 cm³/mol. The third-order valence-electron chi connectivity index (χ3n) is 6.78. The Kier molecular flexibility index (Phi) is 23.0. The van der Waals surface area contributed by atoms with Gasteiger partial charge in [0, 0.05) is 25.6 Å². The average molecular weight is 721 g/mol. The van der Waals surface area contributed by atoms with Crippen molar-refractivity contribution in [2.24, 2.45) is 17.3 Å². The molecule has 3 unspecified atom stereocenters. The van der Waals surface area contributed by atoms with Crippen molar-refractivity contribution in [1.82, 2.24) is 31.5 Å². The first-order valence-electron chi connectivity index (χ1n) is 17.4. The van der Waals surface area contributed by atoms with Crippen LogP contribution in [0.4, 0.5) is 18.0 Å². The summed E-state index contributed by atoms with van der Waals surface area (Å²) in [5.74, 6) is -3.68. The SMILES string of the molecule is C=CCNC(=O)C(=O)C(CCC(F)(F)F)NC(=O)[C@@H]1CC(CC)CN1C(=O)C(NC(=O)NCC(=O)NC(C)C)C(C)(C)C.CC(C)C.CCC. The highest BCUT2D eigenvalue weighted by Crippen LogP contribution is 2.30. The lowest BCUT2D eigenvalue weighted by Crippen LogP contribution is -2.60. The van der Waals surface area contributed by atoms with Crippen LogP contribution in [0, 0.1) is 17.3 Å². The van der Waals surface area contributed by atoms with Gasteiger partial charge in [0.15, 0.2) is 0 Å². The molecular weight excluding hydrogens is 657 g/mol. The highest BCUT2D eigenvalue weighted by molar-refractivity contribution is 6.38. The summed E-state index contributed by atoms with van der Waals surface area (Å²) in [7, 11) is 0. The van der Waals surface area contributed by atoms with E-state index in [0.717, 1.165) is 5.92 Å². The van der Waals surface area contributed by atoms with Gasteiger partial charge in [-0.05, 0) is 43.9 Å². The second-order valence-electron chi connectivity index (χ2n) is 14.4. The van der Waals surface area contributed by atoms with Gasteiger partial charge in [-0.1, -0.05) is 81.2 Å². The van der Waals surface area contributed by atoms with E-state index in [1.165, 1.54) is 17.4 Å². The molecule has 1 rings (SSSR count). The molecule has 4 atom stereocenters. The maximum absolute atomic E-state index is 13.8. The second-order valence-corrected chi connectivity index (χ2v) is 14.4. The van der Waals surface area contributed by atoms with Crippen LogP contribution in [0.5, 0.6) is 0 Å². The Morgan fingerprint density at radius 3 is 1.88 bits per heavy atom. The average Bonchev–Trinajstić information content (AvgIpc) is 3.42. The van der Waals surface area contributed by atoms with E-state index in [1.807, 2.05) is 6.92 Å². The molecule has 0 spiro atoms. The van der Waals surface area contributed by atoms with E-state index < -0.39 is 78.0 Å². The number of nitrogens with zero attached hydrogens (tertiary/aromatic N) is 1. The topological polar surface area (TPSA) is 166 Å². The summed E-state index contributed by atoms with van der Waals surface area (Å²) in [6.45, 7) is 24.3. The van der Waals surface area contributed by atoms with Crippen LogP contribution in [0.2, 0.25) is 0 Å². The summed E-state index contributed by atoms with van der Waals surface area (Å²) in [6, 6.07) is -5.03. The van der Waals surface area contributed by atoms with Crippen LogP contribution in [0.15, 0.2) is 12.7 Å². The molecule has 0 aromatic heterocycles. The number of alkyl halides is 3. The molecule has 290 valence electrons. The first-order valence-corrected chi connectivity index (χ1v) is 17.4. The minimum absolute atomic E-state index is 0.106. The summed E-state index contributed by atoms with van der Waals surface area (Å²) >= 11 is 0. The Morgan fingerprint density at radius 1 is 0.900 bits per heavy atom. The van der Waals surface area contributed by atoms with Gasteiger partial charge >= 0.3 is 12.2 Å². The van der Waals surface area contributed by atoms with Crippen LogP contribution >= 0.6 is 0 Å². The Hall–Kier alpha value is -3.65. The zero-order chi connectivity index (χ0) is 39.4. The minimum Gasteiger partial charge on any atom is -0.352 e. The lowest BCUT2D eigenvalue weighted by molar-refractivity contribution is -0.147. The standard InChI is InChI=1S/C28H45F3N6O6.C4H10.C3H8/c1-8-12-32-24(41)21(39)18(10-11-28(29,30)31)35-23(40)19-13-17(9-2)15-37(19)25(42)22(27(5,6)7)36-26(43)33-14-20(38)34-16(3)4;1-4(2)3;1-3-2/h8,16-19,22H,1,9-15H2,2-7H3,(H,32,41)(H,34,38)(H,35,40)(H2,33,36,43);4H,1-3H3;3H2,1-2H3/t17?,18?,19-,22?;;/m0../s1. The number of likely N-dealkylation sites (tertiary alicyclic amines) is 1. The van der Waals surface area contributed by atoms with E-state index in [1.54, 1.807) is 34.6 Å². The fraction of sp³-hybridized carbons (Fsp3) is 0.771. The van der Waals surface area contributed by atoms with Crippen molar-refractivity contribution in [1.29, 1.82) is 0 Å². The van der Waals surface area contributed by atoms with Gasteiger partial charge in [0.1, 0.15) is 12.1 Å². The van der Waals surface area contributed by atoms with Crippen molar-refractivity contribution in [2.75, 3.05) is 19.6 Å². The Balaban J connectivity index is 0. The number of hydrogen-bond acceptors (Lipinski definition) is 6. The normalized spacial score (nSPS) is 16.8. The van der Waals surface area contributed by atoms with Crippen molar-refractivity contribution in [3.63, 3.8) is 0 Å². The Labute approximate surface area is 296 Å². The maximum Gasteiger partial charge on any atom is 0.389 e. The molecule has 1 aliphatic rings. The van der Waals surface area contributed by atoms with Gasteiger partial charge < -0.3 is 31.5 Å². The van der Waals surface area contributed by atoms with Gasteiger partial charge in [-0.2, -0.15) is 13.2 Å². The molecule has 1 fully saturated rings. The lowest BCUT2D eigenvalue weighted by Gasteiger charge is -2.35. The van der Waals surface area contributed by atoms with E-state index in [0.29, 0.717) is 6.42 Å². The molecule has 0 radical (unpaired) electrons. The molecule has 0 aromatic carbocycles. The number of rotatable bonds is 14. The van der Waals surface area contributed by atoms with Crippen molar-refractivity contribution in [2.45, 2.75) is 139 Å². The highest BCUT2D eigenvalue weighted by atomic mass is 19.4. The molecule has 1 saturated heterocycles. The van der Waals surface area contributed by atoms with Crippen molar-refractivity contribution in [3.8, 4) is 0 Å². The number of urea groups is 1. The van der Waals surface area contributed by atoms with Gasteiger partial charge in [-0.25, -0.2) is 4.79 Å². The number of halogens is 3. The second kappa shape index (κ2) is 23.7. The van der Waals surface area contributed by atoms with Crippen LogP contribution in [-0.2, 0) is 24.0 Å². The summed E-state index contributed by atoms with van der Waals surface area (Å²) in [6.07, 6.45) is -3.68. The third kappa shape index (κ3) is 20.8. The monoisotopic (exact) mass is 720 g/mol. The smallest absolute Gasteiger partial charge is 0.352 e. The molecule has 6 amide bonds. The molecule has 12 nitrogen and oxygen atoms in total. The van der Waals surface area contributed by atoms with E-state index in [9.17, 15) is 41.9 Å². The number of Topliss-reactive ketones (excluding diaryl/α,β-unsaturated/α-hetero) is 1. The van der Waals surface area contributed by atoms with Crippen molar-refractivity contribution in [3.05, 3.63) is 12.7 Å². The first-order chi connectivity index (χ1) is 22.9. The molecule has 0 aliphatic carbocycles. The molecular formula is C35H63F3N6O6. The van der Waals surface area contributed by atoms with E-state index in [-0.39, 0.29) is 38.0 Å². The van der Waals surface area contributed by atoms with Crippen LogP contribution in [0.25, 0.3) is 0 Å². The number of nitrogens with one attached hydrogen (secondary N) is 5. The van der Waals surface area contributed by atoms with E-state index >= 15 is 0 Å². The zero-order valence-electron chi connectivity index (χ0n) is 31.9. The van der Waals surface area contributed by atoms with Gasteiger partial charge in [0.2, 0.25) is 23.5 Å². The van der Waals surface area contributed by atoms with E-state index in [2.05, 4.69) is 67.8 Å². The minimum atomic E-state index is -4.65. The van der Waals surface area contributed by atoms with Gasteiger partial charge in [-0.3, -0.25) is 24.0 Å². The number of carbonyl (C=O) groups is 6. The van der Waals surface area contributed by atoms with Crippen LogP contribution in [0.3, 0.4) is 0 Å². The van der Waals surface area contributed by atoms with Crippen LogP contribution in [0.1, 0.15) is 108 Å². The predicted octanol–water partition coefficient (Wildman–Crippen LogP) is 4.63. The summed E-state index contributed by atoms with van der Waals surface area (Å²) in [5, 5.41) is 12.1. The number of carbonyl (C=O) groups excluding carboxylic acids is 6. The number of amides is 6. The Bertz CT molecular complexity index is 1100. The molecule has 50 heavy (non-hydrogen) atoms. The molecule has 1 heterocycles. The highest BCUT2D eigenvalue weighted by Gasteiger charge is 2.45. The third-order valence-corrected chi connectivity index (χ3v) is 6.78. The molecule has 15 heteroatoms. The summed E-state index contributed by atoms with van der Waals surface area (Å²) in [5.41, 5.74) is -0.853. The summed E-state index contributed by atoms with van der Waals surface area (Å²) < 4.78 is 39.0. The maximum atomic E-state index is 13.8.